The fraction of sp³-hybridized carbons (Fsp3) is 0.526. The lowest BCUT2D eigenvalue weighted by Gasteiger charge is -2.10. The summed E-state index contributed by atoms with van der Waals surface area (Å²) in [5, 5.41) is 10.8. The molecule has 0 atom stereocenters. The van der Waals surface area contributed by atoms with E-state index >= 15 is 0 Å². The van der Waals surface area contributed by atoms with E-state index in [2.05, 4.69) is 20.5 Å². The number of amides is 1. The minimum absolute atomic E-state index is 0.0207. The number of aromatic amines is 1. The van der Waals surface area contributed by atoms with Crippen molar-refractivity contribution in [1.29, 1.82) is 0 Å². The monoisotopic (exact) mass is 390 g/mol. The maximum atomic E-state index is 12.1. The van der Waals surface area contributed by atoms with Crippen molar-refractivity contribution >= 4 is 17.7 Å². The number of thioether (sulfide) groups is 1. The quantitative estimate of drug-likeness (QED) is 0.640. The molecule has 0 radical (unpaired) electrons. The summed E-state index contributed by atoms with van der Waals surface area (Å²) in [4.78, 5) is 16.6. The van der Waals surface area contributed by atoms with Crippen molar-refractivity contribution in [2.24, 2.45) is 0 Å². The highest BCUT2D eigenvalue weighted by molar-refractivity contribution is 7.99. The SMILES string of the molecule is COc1ccc(CCNC(=O)CSc2n[nH]c(C3CCCC3)n2)cc1OC. The lowest BCUT2D eigenvalue weighted by molar-refractivity contribution is -0.118. The molecule has 1 aromatic heterocycles. The topological polar surface area (TPSA) is 89.1 Å². The van der Waals surface area contributed by atoms with Crippen LogP contribution in [0.4, 0.5) is 0 Å². The average molecular weight is 391 g/mol. The summed E-state index contributed by atoms with van der Waals surface area (Å²) < 4.78 is 10.5. The van der Waals surface area contributed by atoms with Gasteiger partial charge in [-0.15, -0.1) is 5.10 Å². The van der Waals surface area contributed by atoms with Crippen molar-refractivity contribution < 1.29 is 14.3 Å². The Kier molecular flexibility index (Phi) is 6.98. The molecule has 3 rings (SSSR count). The van der Waals surface area contributed by atoms with E-state index in [0.717, 1.165) is 17.8 Å². The summed E-state index contributed by atoms with van der Waals surface area (Å²) in [6.07, 6.45) is 5.60. The first-order chi connectivity index (χ1) is 13.2. The molecule has 0 unspecified atom stereocenters. The molecule has 0 saturated heterocycles. The van der Waals surface area contributed by atoms with Gasteiger partial charge in [0.05, 0.1) is 20.0 Å². The number of ether oxygens (including phenoxy) is 2. The van der Waals surface area contributed by atoms with Crippen molar-refractivity contribution in [3.05, 3.63) is 29.6 Å². The van der Waals surface area contributed by atoms with Crippen LogP contribution in [0.15, 0.2) is 23.4 Å². The van der Waals surface area contributed by atoms with Gasteiger partial charge in [0.15, 0.2) is 11.5 Å². The summed E-state index contributed by atoms with van der Waals surface area (Å²) in [6.45, 7) is 0.566. The van der Waals surface area contributed by atoms with E-state index in [-0.39, 0.29) is 5.91 Å². The average Bonchev–Trinajstić information content (AvgIpc) is 3.37. The zero-order valence-electron chi connectivity index (χ0n) is 15.8. The van der Waals surface area contributed by atoms with Gasteiger partial charge in [0, 0.05) is 12.5 Å². The molecular weight excluding hydrogens is 364 g/mol. The number of rotatable bonds is 9. The second-order valence-corrected chi connectivity index (χ2v) is 7.51. The van der Waals surface area contributed by atoms with Crippen LogP contribution in [0, 0.1) is 0 Å². The van der Waals surface area contributed by atoms with E-state index in [9.17, 15) is 4.79 Å². The Balaban J connectivity index is 1.40. The number of carbonyl (C=O) groups is 1. The zero-order valence-corrected chi connectivity index (χ0v) is 16.6. The van der Waals surface area contributed by atoms with Gasteiger partial charge in [-0.05, 0) is 37.0 Å². The number of carbonyl (C=O) groups excluding carboxylic acids is 1. The Morgan fingerprint density at radius 1 is 1.26 bits per heavy atom. The van der Waals surface area contributed by atoms with E-state index in [4.69, 9.17) is 9.47 Å². The molecule has 8 heteroatoms. The molecule has 1 fully saturated rings. The molecular formula is C19H26N4O3S. The van der Waals surface area contributed by atoms with Gasteiger partial charge in [0.25, 0.3) is 0 Å². The molecule has 1 amide bonds. The van der Waals surface area contributed by atoms with Gasteiger partial charge in [-0.2, -0.15) is 0 Å². The van der Waals surface area contributed by atoms with Gasteiger partial charge >= 0.3 is 0 Å². The Morgan fingerprint density at radius 3 is 2.78 bits per heavy atom. The zero-order chi connectivity index (χ0) is 19.1. The number of hydrogen-bond donors (Lipinski definition) is 2. The highest BCUT2D eigenvalue weighted by atomic mass is 32.2. The minimum Gasteiger partial charge on any atom is -0.493 e. The number of hydrogen-bond acceptors (Lipinski definition) is 6. The van der Waals surface area contributed by atoms with Crippen molar-refractivity contribution in [1.82, 2.24) is 20.5 Å². The molecule has 1 aliphatic carbocycles. The Morgan fingerprint density at radius 2 is 2.04 bits per heavy atom. The van der Waals surface area contributed by atoms with E-state index < -0.39 is 0 Å². The van der Waals surface area contributed by atoms with Gasteiger partial charge < -0.3 is 14.8 Å². The maximum absolute atomic E-state index is 12.1. The molecule has 0 spiro atoms. The number of H-pyrrole nitrogens is 1. The van der Waals surface area contributed by atoms with Gasteiger partial charge in [0.2, 0.25) is 11.1 Å². The first kappa shape index (κ1) is 19.5. The summed E-state index contributed by atoms with van der Waals surface area (Å²) in [7, 11) is 3.22. The van der Waals surface area contributed by atoms with E-state index in [1.807, 2.05) is 18.2 Å². The molecule has 27 heavy (non-hydrogen) atoms. The molecule has 0 aliphatic heterocycles. The highest BCUT2D eigenvalue weighted by Crippen LogP contribution is 2.32. The Bertz CT molecular complexity index is 759. The predicted octanol–water partition coefficient (Wildman–Crippen LogP) is 2.93. The minimum atomic E-state index is -0.0207. The van der Waals surface area contributed by atoms with E-state index in [1.54, 1.807) is 14.2 Å². The Labute approximate surface area is 163 Å². The van der Waals surface area contributed by atoms with E-state index in [0.29, 0.717) is 34.9 Å². The smallest absolute Gasteiger partial charge is 0.230 e. The number of nitrogens with one attached hydrogen (secondary N) is 2. The van der Waals surface area contributed by atoms with Crippen molar-refractivity contribution in [3.63, 3.8) is 0 Å². The second kappa shape index (κ2) is 9.64. The fourth-order valence-corrected chi connectivity index (χ4v) is 3.90. The number of nitrogens with zero attached hydrogens (tertiary/aromatic N) is 2. The molecule has 7 nitrogen and oxygen atoms in total. The molecule has 1 aliphatic rings. The van der Waals surface area contributed by atoms with Crippen LogP contribution < -0.4 is 14.8 Å². The number of aromatic nitrogens is 3. The lowest BCUT2D eigenvalue weighted by atomic mass is 10.1. The molecule has 2 N–H and O–H groups in total. The third-order valence-corrected chi connectivity index (χ3v) is 5.59. The molecule has 1 heterocycles. The third-order valence-electron chi connectivity index (χ3n) is 4.74. The van der Waals surface area contributed by atoms with Crippen molar-refractivity contribution in [2.45, 2.75) is 43.2 Å². The fourth-order valence-electron chi connectivity index (χ4n) is 3.27. The summed E-state index contributed by atoms with van der Waals surface area (Å²) >= 11 is 1.36. The molecule has 0 bridgehead atoms. The van der Waals surface area contributed by atoms with Crippen LogP contribution in [0.3, 0.4) is 0 Å². The molecule has 1 saturated carbocycles. The van der Waals surface area contributed by atoms with Gasteiger partial charge in [0.1, 0.15) is 5.82 Å². The third kappa shape index (κ3) is 5.38. The predicted molar refractivity (Wildman–Crippen MR) is 105 cm³/mol. The van der Waals surface area contributed by atoms with E-state index in [1.165, 1.54) is 37.4 Å². The molecule has 2 aromatic rings. The maximum Gasteiger partial charge on any atom is 0.230 e. The van der Waals surface area contributed by atoms with Crippen LogP contribution >= 0.6 is 11.8 Å². The normalized spacial score (nSPS) is 14.3. The Hall–Kier alpha value is -2.22. The highest BCUT2D eigenvalue weighted by Gasteiger charge is 2.20. The summed E-state index contributed by atoms with van der Waals surface area (Å²) in [5.74, 6) is 3.15. The standard InChI is InChI=1S/C19H26N4O3S/c1-25-15-8-7-13(11-16(15)26-2)9-10-20-17(24)12-27-19-21-18(22-23-19)14-5-3-4-6-14/h7-8,11,14H,3-6,9-10,12H2,1-2H3,(H,20,24)(H,21,22,23). The summed E-state index contributed by atoms with van der Waals surface area (Å²) in [5.41, 5.74) is 1.08. The largest absolute Gasteiger partial charge is 0.493 e. The van der Waals surface area contributed by atoms with Crippen LogP contribution in [0.2, 0.25) is 0 Å². The van der Waals surface area contributed by atoms with Gasteiger partial charge in [-0.25, -0.2) is 4.98 Å². The van der Waals surface area contributed by atoms with Crippen LogP contribution in [0.5, 0.6) is 11.5 Å². The molecule has 1 aromatic carbocycles. The first-order valence-corrected chi connectivity index (χ1v) is 10.2. The van der Waals surface area contributed by atoms with Crippen molar-refractivity contribution in [3.8, 4) is 11.5 Å². The van der Waals surface area contributed by atoms with Crippen LogP contribution in [-0.4, -0.2) is 47.6 Å². The summed E-state index contributed by atoms with van der Waals surface area (Å²) in [6, 6.07) is 5.77. The van der Waals surface area contributed by atoms with Crippen LogP contribution in [-0.2, 0) is 11.2 Å². The number of methoxy groups -OCH3 is 2. The van der Waals surface area contributed by atoms with Crippen LogP contribution in [0.1, 0.15) is 43.0 Å². The van der Waals surface area contributed by atoms with Crippen LogP contribution in [0.25, 0.3) is 0 Å². The second-order valence-electron chi connectivity index (χ2n) is 6.56. The van der Waals surface area contributed by atoms with Gasteiger partial charge in [-0.1, -0.05) is 30.7 Å². The lowest BCUT2D eigenvalue weighted by Crippen LogP contribution is -2.27. The molecule has 146 valence electrons. The van der Waals surface area contributed by atoms with Crippen molar-refractivity contribution in [2.75, 3.05) is 26.5 Å². The number of benzene rings is 1. The van der Waals surface area contributed by atoms with Gasteiger partial charge in [-0.3, -0.25) is 9.89 Å². The first-order valence-electron chi connectivity index (χ1n) is 9.22.